The lowest BCUT2D eigenvalue weighted by Gasteiger charge is -2.21. The van der Waals surface area contributed by atoms with E-state index >= 15 is 0 Å². The third-order valence-electron chi connectivity index (χ3n) is 3.63. The Morgan fingerprint density at radius 3 is 2.65 bits per heavy atom. The molecule has 0 radical (unpaired) electrons. The molecule has 0 spiro atoms. The molecular formula is C16H29N3O. The zero-order chi connectivity index (χ0) is 15.1. The molecule has 0 saturated heterocycles. The number of hydrogen-bond donors (Lipinski definition) is 1. The van der Waals surface area contributed by atoms with Gasteiger partial charge in [0, 0.05) is 32.0 Å². The first-order valence-electron chi connectivity index (χ1n) is 7.62. The number of nitrogens with one attached hydrogen (secondary N) is 1. The lowest BCUT2D eigenvalue weighted by molar-refractivity contribution is -0.130. The molecule has 0 bridgehead atoms. The van der Waals surface area contributed by atoms with Crippen molar-refractivity contribution < 1.29 is 4.79 Å². The third kappa shape index (κ3) is 4.67. The van der Waals surface area contributed by atoms with Crippen molar-refractivity contribution in [2.45, 2.75) is 46.7 Å². The minimum Gasteiger partial charge on any atom is -0.345 e. The van der Waals surface area contributed by atoms with Crippen LogP contribution in [0.15, 0.2) is 18.5 Å². The second kappa shape index (κ2) is 8.10. The van der Waals surface area contributed by atoms with E-state index in [0.29, 0.717) is 18.5 Å². The Labute approximate surface area is 123 Å². The molecule has 0 fully saturated rings. The van der Waals surface area contributed by atoms with Crippen molar-refractivity contribution in [3.05, 3.63) is 24.0 Å². The summed E-state index contributed by atoms with van der Waals surface area (Å²) in [5.41, 5.74) is 1.26. The van der Waals surface area contributed by atoms with Crippen molar-refractivity contribution in [1.82, 2.24) is 14.8 Å². The van der Waals surface area contributed by atoms with Crippen molar-refractivity contribution in [2.24, 2.45) is 5.92 Å². The molecule has 0 aromatic carbocycles. The van der Waals surface area contributed by atoms with Gasteiger partial charge in [0.2, 0.25) is 5.91 Å². The van der Waals surface area contributed by atoms with Crippen LogP contribution in [0, 0.1) is 5.92 Å². The van der Waals surface area contributed by atoms with Gasteiger partial charge in [-0.05, 0) is 37.4 Å². The van der Waals surface area contributed by atoms with Gasteiger partial charge in [0.05, 0.1) is 0 Å². The van der Waals surface area contributed by atoms with Crippen LogP contribution in [-0.4, -0.2) is 35.5 Å². The summed E-state index contributed by atoms with van der Waals surface area (Å²) in [6.45, 7) is 10.8. The summed E-state index contributed by atoms with van der Waals surface area (Å²) < 4.78 is 1.98. The first-order valence-corrected chi connectivity index (χ1v) is 7.62. The Hall–Kier alpha value is -1.29. The Morgan fingerprint density at radius 1 is 1.40 bits per heavy atom. The summed E-state index contributed by atoms with van der Waals surface area (Å²) in [7, 11) is 1.84. The molecule has 0 aliphatic rings. The Balaban J connectivity index is 2.71. The molecule has 0 aliphatic heterocycles. The monoisotopic (exact) mass is 279 g/mol. The lowest BCUT2D eigenvalue weighted by Crippen LogP contribution is -2.29. The lowest BCUT2D eigenvalue weighted by atomic mass is 9.98. The van der Waals surface area contributed by atoms with E-state index in [0.717, 1.165) is 19.5 Å². The predicted molar refractivity (Wildman–Crippen MR) is 83.6 cm³/mol. The van der Waals surface area contributed by atoms with E-state index < -0.39 is 0 Å². The van der Waals surface area contributed by atoms with Crippen LogP contribution in [0.5, 0.6) is 0 Å². The first-order chi connectivity index (χ1) is 9.49. The molecule has 1 rings (SSSR count). The van der Waals surface area contributed by atoms with Crippen molar-refractivity contribution in [3.8, 4) is 0 Å². The van der Waals surface area contributed by atoms with Gasteiger partial charge in [-0.3, -0.25) is 4.79 Å². The SMILES string of the molecule is CCCNC(c1ccn(CC(=O)N(C)CC)c1)C(C)C. The maximum absolute atomic E-state index is 11.9. The predicted octanol–water partition coefficient (Wildman–Crippen LogP) is 2.66. The molecule has 1 aromatic rings. The average Bonchev–Trinajstić information content (AvgIpc) is 2.86. The van der Waals surface area contributed by atoms with E-state index in [1.165, 1.54) is 5.56 Å². The van der Waals surface area contributed by atoms with Gasteiger partial charge >= 0.3 is 0 Å². The topological polar surface area (TPSA) is 37.3 Å². The van der Waals surface area contributed by atoms with Crippen LogP contribution in [0.2, 0.25) is 0 Å². The molecule has 0 saturated carbocycles. The van der Waals surface area contributed by atoms with Crippen LogP contribution in [0.1, 0.15) is 45.7 Å². The third-order valence-corrected chi connectivity index (χ3v) is 3.63. The number of carbonyl (C=O) groups excluding carboxylic acids is 1. The van der Waals surface area contributed by atoms with Gasteiger partial charge in [-0.1, -0.05) is 20.8 Å². The molecule has 114 valence electrons. The molecule has 1 amide bonds. The minimum atomic E-state index is 0.150. The maximum atomic E-state index is 11.9. The largest absolute Gasteiger partial charge is 0.345 e. The normalized spacial score (nSPS) is 12.7. The minimum absolute atomic E-state index is 0.150. The van der Waals surface area contributed by atoms with Gasteiger partial charge in [0.25, 0.3) is 0 Å². The summed E-state index contributed by atoms with van der Waals surface area (Å²) in [6, 6.07) is 2.47. The smallest absolute Gasteiger partial charge is 0.242 e. The van der Waals surface area contributed by atoms with Crippen molar-refractivity contribution in [3.63, 3.8) is 0 Å². The molecule has 1 unspecified atom stereocenters. The molecule has 1 heterocycles. The zero-order valence-corrected chi connectivity index (χ0v) is 13.5. The highest BCUT2D eigenvalue weighted by atomic mass is 16.2. The van der Waals surface area contributed by atoms with E-state index in [1.54, 1.807) is 4.90 Å². The highest BCUT2D eigenvalue weighted by molar-refractivity contribution is 5.75. The highest BCUT2D eigenvalue weighted by Crippen LogP contribution is 2.22. The van der Waals surface area contributed by atoms with Gasteiger partial charge in [-0.25, -0.2) is 0 Å². The first kappa shape index (κ1) is 16.8. The maximum Gasteiger partial charge on any atom is 0.242 e. The summed E-state index contributed by atoms with van der Waals surface area (Å²) in [5.74, 6) is 0.684. The van der Waals surface area contributed by atoms with Crippen LogP contribution in [0.3, 0.4) is 0 Å². The summed E-state index contributed by atoms with van der Waals surface area (Å²) in [4.78, 5) is 13.7. The second-order valence-corrected chi connectivity index (χ2v) is 5.70. The average molecular weight is 279 g/mol. The van der Waals surface area contributed by atoms with Crippen LogP contribution >= 0.6 is 0 Å². The summed E-state index contributed by atoms with van der Waals surface area (Å²) in [6.07, 6.45) is 5.22. The molecule has 4 nitrogen and oxygen atoms in total. The standard InChI is InChI=1S/C16H29N3O/c1-6-9-17-16(13(3)4)14-8-10-19(11-14)12-15(20)18(5)7-2/h8,10-11,13,16-17H,6-7,9,12H2,1-5H3. The van der Waals surface area contributed by atoms with E-state index in [2.05, 4.69) is 38.4 Å². The van der Waals surface area contributed by atoms with E-state index in [9.17, 15) is 4.79 Å². The molecule has 4 heteroatoms. The van der Waals surface area contributed by atoms with Gasteiger partial charge in [0.1, 0.15) is 6.54 Å². The molecule has 1 atom stereocenters. The van der Waals surface area contributed by atoms with Crippen LogP contribution in [-0.2, 0) is 11.3 Å². The second-order valence-electron chi connectivity index (χ2n) is 5.70. The quantitative estimate of drug-likeness (QED) is 0.794. The molecule has 1 N–H and O–H groups in total. The number of nitrogens with zero attached hydrogens (tertiary/aromatic N) is 2. The molecular weight excluding hydrogens is 250 g/mol. The summed E-state index contributed by atoms with van der Waals surface area (Å²) in [5, 5.41) is 3.58. The Morgan fingerprint density at radius 2 is 2.10 bits per heavy atom. The van der Waals surface area contributed by atoms with Crippen molar-refractivity contribution in [1.29, 1.82) is 0 Å². The van der Waals surface area contributed by atoms with Crippen molar-refractivity contribution >= 4 is 5.91 Å². The highest BCUT2D eigenvalue weighted by Gasteiger charge is 2.16. The van der Waals surface area contributed by atoms with Crippen LogP contribution in [0.4, 0.5) is 0 Å². The number of hydrogen-bond acceptors (Lipinski definition) is 2. The number of aromatic nitrogens is 1. The van der Waals surface area contributed by atoms with Crippen LogP contribution in [0.25, 0.3) is 0 Å². The number of carbonyl (C=O) groups is 1. The number of likely N-dealkylation sites (N-methyl/N-ethyl adjacent to an activating group) is 1. The van der Waals surface area contributed by atoms with Gasteiger partial charge < -0.3 is 14.8 Å². The van der Waals surface area contributed by atoms with Crippen LogP contribution < -0.4 is 5.32 Å². The number of amides is 1. The molecule has 20 heavy (non-hydrogen) atoms. The zero-order valence-electron chi connectivity index (χ0n) is 13.5. The van der Waals surface area contributed by atoms with E-state index in [1.807, 2.05) is 24.7 Å². The fourth-order valence-electron chi connectivity index (χ4n) is 2.23. The molecule has 0 aliphatic carbocycles. The van der Waals surface area contributed by atoms with Gasteiger partial charge in [-0.2, -0.15) is 0 Å². The fourth-order valence-corrected chi connectivity index (χ4v) is 2.23. The Bertz CT molecular complexity index is 412. The van der Waals surface area contributed by atoms with E-state index in [4.69, 9.17) is 0 Å². The summed E-state index contributed by atoms with van der Waals surface area (Å²) >= 11 is 0. The van der Waals surface area contributed by atoms with Gasteiger partial charge in [-0.15, -0.1) is 0 Å². The van der Waals surface area contributed by atoms with E-state index in [-0.39, 0.29) is 5.91 Å². The number of rotatable bonds is 8. The molecule has 1 aromatic heterocycles. The Kier molecular flexibility index (Phi) is 6.79. The fraction of sp³-hybridized carbons (Fsp3) is 0.688. The van der Waals surface area contributed by atoms with Crippen molar-refractivity contribution in [2.75, 3.05) is 20.1 Å². The van der Waals surface area contributed by atoms with Gasteiger partial charge in [0.15, 0.2) is 0 Å².